The number of methoxy groups -OCH3 is 1. The van der Waals surface area contributed by atoms with Gasteiger partial charge >= 0.3 is 6.09 Å². The van der Waals surface area contributed by atoms with Crippen molar-refractivity contribution in [1.29, 1.82) is 0 Å². The van der Waals surface area contributed by atoms with E-state index in [1.54, 1.807) is 31.5 Å². The number of benzene rings is 2. The fourth-order valence-electron chi connectivity index (χ4n) is 5.42. The minimum atomic E-state index is -0.517. The molecule has 1 aliphatic rings. The Balaban J connectivity index is 1.51. The number of anilines is 3. The number of carbonyl (C=O) groups excluding carboxylic acids is 1. The van der Waals surface area contributed by atoms with Gasteiger partial charge in [0.15, 0.2) is 11.6 Å². The van der Waals surface area contributed by atoms with Gasteiger partial charge in [0.1, 0.15) is 17.7 Å². The Morgan fingerprint density at radius 2 is 1.93 bits per heavy atom. The Hall–Kier alpha value is -3.92. The highest BCUT2D eigenvalue weighted by Gasteiger charge is 2.27. The molecule has 1 aliphatic heterocycles. The summed E-state index contributed by atoms with van der Waals surface area (Å²) < 4.78 is 32.1. The van der Waals surface area contributed by atoms with Crippen LogP contribution in [0.3, 0.4) is 0 Å². The van der Waals surface area contributed by atoms with Crippen LogP contribution >= 0.6 is 0 Å². The van der Waals surface area contributed by atoms with Gasteiger partial charge in [-0.3, -0.25) is 4.90 Å². The zero-order valence-corrected chi connectivity index (χ0v) is 26.0. The fraction of sp³-hybridized carbons (Fsp3) is 0.485. The van der Waals surface area contributed by atoms with Crippen LogP contribution in [-0.2, 0) is 11.3 Å². The first-order valence-corrected chi connectivity index (χ1v) is 14.9. The summed E-state index contributed by atoms with van der Waals surface area (Å²) in [5, 5.41) is 3.05. The lowest BCUT2D eigenvalue weighted by atomic mass is 9.96. The fourth-order valence-corrected chi connectivity index (χ4v) is 5.42. The number of likely N-dealkylation sites (tertiary alicyclic amines) is 1. The predicted molar refractivity (Wildman–Crippen MR) is 167 cm³/mol. The van der Waals surface area contributed by atoms with Crippen LogP contribution in [0, 0.1) is 23.6 Å². The van der Waals surface area contributed by atoms with Gasteiger partial charge in [0.25, 0.3) is 0 Å². The molecule has 0 spiro atoms. The number of hydrogen-bond donors (Lipinski definition) is 1. The molecule has 1 fully saturated rings. The molecular weight excluding hydrogens is 549 g/mol. The third-order valence-corrected chi connectivity index (χ3v) is 7.55. The molecule has 1 saturated heterocycles. The molecule has 2 aromatic carbocycles. The van der Waals surface area contributed by atoms with Crippen LogP contribution in [0.25, 0.3) is 0 Å². The number of amides is 1. The zero-order valence-electron chi connectivity index (χ0n) is 26.0. The van der Waals surface area contributed by atoms with Crippen LogP contribution in [0.5, 0.6) is 11.5 Å². The van der Waals surface area contributed by atoms with Gasteiger partial charge in [-0.25, -0.2) is 14.2 Å². The summed E-state index contributed by atoms with van der Waals surface area (Å²) in [6, 6.07) is 13.8. The molecule has 1 unspecified atom stereocenters. The molecule has 10 heteroatoms. The number of piperidine rings is 1. The van der Waals surface area contributed by atoms with Gasteiger partial charge in [-0.15, -0.1) is 0 Å². The van der Waals surface area contributed by atoms with Crippen molar-refractivity contribution >= 4 is 23.5 Å². The van der Waals surface area contributed by atoms with E-state index >= 15 is 0 Å². The zero-order chi connectivity index (χ0) is 30.9. The molecule has 1 aromatic heterocycles. The van der Waals surface area contributed by atoms with Gasteiger partial charge in [-0.1, -0.05) is 39.8 Å². The van der Waals surface area contributed by atoms with Gasteiger partial charge in [0.2, 0.25) is 5.95 Å². The maximum absolute atomic E-state index is 15.0. The van der Waals surface area contributed by atoms with Crippen LogP contribution in [0.2, 0.25) is 0 Å². The van der Waals surface area contributed by atoms with Crippen LogP contribution in [0.4, 0.5) is 26.6 Å². The third-order valence-electron chi connectivity index (χ3n) is 7.55. The minimum Gasteiger partial charge on any atom is -0.497 e. The summed E-state index contributed by atoms with van der Waals surface area (Å²) in [7, 11) is 3.69. The minimum absolute atomic E-state index is 0.135. The Morgan fingerprint density at radius 1 is 1.14 bits per heavy atom. The molecule has 232 valence electrons. The van der Waals surface area contributed by atoms with Crippen molar-refractivity contribution in [3.05, 3.63) is 66.1 Å². The number of ether oxygens (including phenoxy) is 3. The van der Waals surface area contributed by atoms with Crippen LogP contribution in [-0.4, -0.2) is 60.9 Å². The van der Waals surface area contributed by atoms with Crippen molar-refractivity contribution in [2.75, 3.05) is 44.1 Å². The molecule has 0 saturated carbocycles. The van der Waals surface area contributed by atoms with Crippen molar-refractivity contribution in [1.82, 2.24) is 14.9 Å². The Bertz CT molecular complexity index is 1350. The second kappa shape index (κ2) is 15.0. The van der Waals surface area contributed by atoms with E-state index in [2.05, 4.69) is 27.2 Å². The first kappa shape index (κ1) is 32.0. The first-order valence-electron chi connectivity index (χ1n) is 14.9. The SMILES string of the molecule is COc1cccc(CN(C(=O)OC(C(C)C)C(C)C)c2ccnc(Nc3ccc(OCC4CCCN(C)C4)c(F)c3)n2)c1. The molecule has 3 aromatic rings. The molecule has 43 heavy (non-hydrogen) atoms. The van der Waals surface area contributed by atoms with E-state index in [0.717, 1.165) is 31.5 Å². The van der Waals surface area contributed by atoms with Gasteiger partial charge in [-0.2, -0.15) is 4.98 Å². The predicted octanol–water partition coefficient (Wildman–Crippen LogP) is 6.91. The van der Waals surface area contributed by atoms with E-state index in [1.807, 2.05) is 52.0 Å². The van der Waals surface area contributed by atoms with E-state index in [9.17, 15) is 9.18 Å². The number of nitrogens with one attached hydrogen (secondary N) is 1. The number of aromatic nitrogens is 2. The van der Waals surface area contributed by atoms with Gasteiger partial charge in [-0.05, 0) is 74.2 Å². The standard InChI is InChI=1S/C33H44FN5O4/c1-22(2)31(23(3)4)43-33(40)39(20-24-9-7-11-27(17-24)41-6)30-14-15-35-32(37-30)36-26-12-13-29(28(34)18-26)42-21-25-10-8-16-38(5)19-25/h7,9,11-15,17-18,22-23,25,31H,8,10,16,19-21H2,1-6H3,(H,35,36,37). The van der Waals surface area contributed by atoms with E-state index in [0.29, 0.717) is 29.8 Å². The average molecular weight is 594 g/mol. The van der Waals surface area contributed by atoms with E-state index in [4.69, 9.17) is 14.2 Å². The molecular formula is C33H44FN5O4. The highest BCUT2D eigenvalue weighted by atomic mass is 19.1. The van der Waals surface area contributed by atoms with Crippen molar-refractivity contribution in [2.45, 2.75) is 53.2 Å². The second-order valence-corrected chi connectivity index (χ2v) is 11.9. The lowest BCUT2D eigenvalue weighted by Gasteiger charge is -2.29. The van der Waals surface area contributed by atoms with E-state index < -0.39 is 11.9 Å². The number of hydrogen-bond acceptors (Lipinski definition) is 8. The van der Waals surface area contributed by atoms with Gasteiger partial charge in [0, 0.05) is 30.4 Å². The van der Waals surface area contributed by atoms with Crippen LogP contribution < -0.4 is 19.7 Å². The molecule has 9 nitrogen and oxygen atoms in total. The van der Waals surface area contributed by atoms with Crippen molar-refractivity contribution in [3.8, 4) is 11.5 Å². The van der Waals surface area contributed by atoms with Crippen LogP contribution in [0.1, 0.15) is 46.1 Å². The number of carbonyl (C=O) groups is 1. The summed E-state index contributed by atoms with van der Waals surface area (Å²) in [5.41, 5.74) is 1.30. The number of nitrogens with zero attached hydrogens (tertiary/aromatic N) is 4. The van der Waals surface area contributed by atoms with Gasteiger partial charge in [0.05, 0.1) is 20.3 Å². The Kier molecular flexibility index (Phi) is 11.2. The molecule has 1 atom stereocenters. The largest absolute Gasteiger partial charge is 0.497 e. The molecule has 0 aliphatic carbocycles. The lowest BCUT2D eigenvalue weighted by molar-refractivity contribution is 0.0466. The average Bonchev–Trinajstić information content (AvgIpc) is 2.98. The first-order chi connectivity index (χ1) is 20.6. The molecule has 4 rings (SSSR count). The van der Waals surface area contributed by atoms with E-state index in [1.165, 1.54) is 11.0 Å². The summed E-state index contributed by atoms with van der Waals surface area (Å²) in [4.78, 5) is 26.2. The van der Waals surface area contributed by atoms with Crippen LogP contribution in [0.15, 0.2) is 54.7 Å². The molecule has 1 N–H and O–H groups in total. The highest BCUT2D eigenvalue weighted by molar-refractivity contribution is 5.86. The number of rotatable bonds is 12. The summed E-state index contributed by atoms with van der Waals surface area (Å²) >= 11 is 0. The third kappa shape index (κ3) is 9.03. The Labute approximate surface area is 254 Å². The molecule has 2 heterocycles. The summed E-state index contributed by atoms with van der Waals surface area (Å²) in [5.74, 6) is 1.63. The Morgan fingerprint density at radius 3 is 2.63 bits per heavy atom. The summed E-state index contributed by atoms with van der Waals surface area (Å²) in [6.45, 7) is 10.8. The topological polar surface area (TPSA) is 89.0 Å². The van der Waals surface area contributed by atoms with Crippen molar-refractivity contribution in [3.63, 3.8) is 0 Å². The molecule has 0 radical (unpaired) electrons. The van der Waals surface area contributed by atoms with Crippen molar-refractivity contribution in [2.24, 2.45) is 17.8 Å². The highest BCUT2D eigenvalue weighted by Crippen LogP contribution is 2.27. The smallest absolute Gasteiger partial charge is 0.416 e. The monoisotopic (exact) mass is 593 g/mol. The summed E-state index contributed by atoms with van der Waals surface area (Å²) in [6.07, 6.45) is 2.96. The second-order valence-electron chi connectivity index (χ2n) is 11.9. The van der Waals surface area contributed by atoms with E-state index in [-0.39, 0.29) is 36.2 Å². The maximum atomic E-state index is 15.0. The lowest BCUT2D eigenvalue weighted by Crippen LogP contribution is -2.38. The number of halogens is 1. The quantitative estimate of drug-likeness (QED) is 0.242. The molecule has 0 bridgehead atoms. The molecule has 1 amide bonds. The normalized spacial score (nSPS) is 15.5. The van der Waals surface area contributed by atoms with Crippen molar-refractivity contribution < 1.29 is 23.4 Å². The maximum Gasteiger partial charge on any atom is 0.416 e. The van der Waals surface area contributed by atoms with Gasteiger partial charge < -0.3 is 24.4 Å².